The van der Waals surface area contributed by atoms with Gasteiger partial charge < -0.3 is 15.0 Å². The van der Waals surface area contributed by atoms with Crippen LogP contribution >= 0.6 is 0 Å². The smallest absolute Gasteiger partial charge is 0.306 e. The van der Waals surface area contributed by atoms with E-state index >= 15 is 0 Å². The van der Waals surface area contributed by atoms with Crippen molar-refractivity contribution in [1.29, 1.82) is 0 Å². The summed E-state index contributed by atoms with van der Waals surface area (Å²) in [6.45, 7) is 2.20. The molecule has 0 unspecified atom stereocenters. The van der Waals surface area contributed by atoms with Crippen LogP contribution < -0.4 is 10.2 Å². The van der Waals surface area contributed by atoms with Gasteiger partial charge in [0, 0.05) is 30.9 Å². The van der Waals surface area contributed by atoms with E-state index in [2.05, 4.69) is 15.0 Å². The average Bonchev–Trinajstić information content (AvgIpc) is 2.54. The van der Waals surface area contributed by atoms with E-state index in [0.717, 1.165) is 18.8 Å². The molecule has 0 atom stereocenters. The molecule has 1 aliphatic rings. The molecule has 1 heterocycles. The topological polar surface area (TPSA) is 58.6 Å². The summed E-state index contributed by atoms with van der Waals surface area (Å²) in [5.41, 5.74) is 1.95. The van der Waals surface area contributed by atoms with Crippen molar-refractivity contribution in [3.05, 3.63) is 24.3 Å². The summed E-state index contributed by atoms with van der Waals surface area (Å²) in [5, 5.41) is 2.79. The number of benzene rings is 1. The Bertz CT molecular complexity index is 479. The molecule has 1 aromatic carbocycles. The number of rotatable bonds is 5. The van der Waals surface area contributed by atoms with Crippen molar-refractivity contribution in [2.75, 3.05) is 30.4 Å². The second kappa shape index (κ2) is 7.67. The highest BCUT2D eigenvalue weighted by Gasteiger charge is 2.11. The number of esters is 1. The van der Waals surface area contributed by atoms with Crippen molar-refractivity contribution in [3.63, 3.8) is 0 Å². The minimum absolute atomic E-state index is 0.105. The normalized spacial score (nSPS) is 14.6. The van der Waals surface area contributed by atoms with E-state index in [1.807, 2.05) is 24.3 Å². The maximum absolute atomic E-state index is 11.7. The van der Waals surface area contributed by atoms with Gasteiger partial charge in [-0.1, -0.05) is 0 Å². The van der Waals surface area contributed by atoms with Crippen LogP contribution in [0.25, 0.3) is 0 Å². The first-order valence-corrected chi connectivity index (χ1v) is 7.41. The lowest BCUT2D eigenvalue weighted by Gasteiger charge is -2.28. The van der Waals surface area contributed by atoms with E-state index < -0.39 is 0 Å². The van der Waals surface area contributed by atoms with Crippen LogP contribution in [0.1, 0.15) is 32.1 Å². The van der Waals surface area contributed by atoms with Gasteiger partial charge in [0.1, 0.15) is 0 Å². The minimum Gasteiger partial charge on any atom is -0.469 e. The lowest BCUT2D eigenvalue weighted by Crippen LogP contribution is -2.29. The Kier molecular flexibility index (Phi) is 5.60. The maximum Gasteiger partial charge on any atom is 0.306 e. The highest BCUT2D eigenvalue weighted by Crippen LogP contribution is 2.21. The van der Waals surface area contributed by atoms with Gasteiger partial charge >= 0.3 is 5.97 Å². The van der Waals surface area contributed by atoms with Gasteiger partial charge in [0.2, 0.25) is 5.91 Å². The molecule has 0 bridgehead atoms. The summed E-state index contributed by atoms with van der Waals surface area (Å²) in [4.78, 5) is 25.0. The molecule has 2 rings (SSSR count). The molecule has 0 spiro atoms. The molecule has 0 aromatic heterocycles. The molecule has 1 fully saturated rings. The van der Waals surface area contributed by atoms with Crippen molar-refractivity contribution >= 4 is 23.3 Å². The van der Waals surface area contributed by atoms with Crippen molar-refractivity contribution < 1.29 is 14.3 Å². The number of hydrogen-bond donors (Lipinski definition) is 1. The number of carbonyl (C=O) groups is 2. The molecule has 0 saturated carbocycles. The van der Waals surface area contributed by atoms with Gasteiger partial charge in [0.05, 0.1) is 13.5 Å². The summed E-state index contributed by atoms with van der Waals surface area (Å²) >= 11 is 0. The van der Waals surface area contributed by atoms with Crippen LogP contribution in [0.2, 0.25) is 0 Å². The fraction of sp³-hybridized carbons (Fsp3) is 0.500. The highest BCUT2D eigenvalue weighted by atomic mass is 16.5. The molecule has 21 heavy (non-hydrogen) atoms. The molecule has 114 valence electrons. The molecule has 0 aliphatic carbocycles. The molecule has 1 aliphatic heterocycles. The van der Waals surface area contributed by atoms with Gasteiger partial charge in [-0.15, -0.1) is 0 Å². The van der Waals surface area contributed by atoms with Crippen LogP contribution in [0.5, 0.6) is 0 Å². The standard InChI is InChI=1S/C16H22N2O3/c1-21-16(20)10-9-15(19)17-13-5-7-14(8-6-13)18-11-3-2-4-12-18/h5-8H,2-4,9-12H2,1H3,(H,17,19). The first-order chi connectivity index (χ1) is 10.2. The first-order valence-electron chi connectivity index (χ1n) is 7.41. The molecule has 1 amide bonds. The van der Waals surface area contributed by atoms with Crippen molar-refractivity contribution in [2.45, 2.75) is 32.1 Å². The number of carbonyl (C=O) groups excluding carboxylic acids is 2. The lowest BCUT2D eigenvalue weighted by molar-refractivity contribution is -0.141. The van der Waals surface area contributed by atoms with Gasteiger partial charge in [-0.3, -0.25) is 9.59 Å². The van der Waals surface area contributed by atoms with Crippen LogP contribution in [-0.4, -0.2) is 32.1 Å². The summed E-state index contributed by atoms with van der Waals surface area (Å²) in [6, 6.07) is 7.86. The zero-order valence-electron chi connectivity index (χ0n) is 12.4. The molecular weight excluding hydrogens is 268 g/mol. The molecule has 0 radical (unpaired) electrons. The highest BCUT2D eigenvalue weighted by molar-refractivity contribution is 5.92. The number of nitrogens with zero attached hydrogens (tertiary/aromatic N) is 1. The summed E-state index contributed by atoms with van der Waals surface area (Å²) in [6.07, 6.45) is 4.04. The summed E-state index contributed by atoms with van der Waals surface area (Å²) in [5.74, 6) is -0.545. The predicted molar refractivity (Wildman–Crippen MR) is 82.4 cm³/mol. The van der Waals surface area contributed by atoms with Gasteiger partial charge in [0.25, 0.3) is 0 Å². The van der Waals surface area contributed by atoms with Gasteiger partial charge in [-0.05, 0) is 43.5 Å². The second-order valence-corrected chi connectivity index (χ2v) is 5.22. The van der Waals surface area contributed by atoms with Crippen molar-refractivity contribution in [2.24, 2.45) is 0 Å². The third-order valence-electron chi connectivity index (χ3n) is 3.66. The number of ether oxygens (including phenoxy) is 1. The fourth-order valence-corrected chi connectivity index (χ4v) is 2.45. The van der Waals surface area contributed by atoms with Crippen LogP contribution in [0, 0.1) is 0 Å². The van der Waals surface area contributed by atoms with E-state index in [9.17, 15) is 9.59 Å². The Morgan fingerprint density at radius 2 is 1.76 bits per heavy atom. The maximum atomic E-state index is 11.7. The Morgan fingerprint density at radius 3 is 2.38 bits per heavy atom. The first kappa shape index (κ1) is 15.4. The van der Waals surface area contributed by atoms with E-state index in [4.69, 9.17) is 0 Å². The zero-order chi connectivity index (χ0) is 15.1. The average molecular weight is 290 g/mol. The Balaban J connectivity index is 1.84. The Hall–Kier alpha value is -2.04. The van der Waals surface area contributed by atoms with Crippen LogP contribution in [0.3, 0.4) is 0 Å². The number of piperidine rings is 1. The van der Waals surface area contributed by atoms with E-state index in [1.165, 1.54) is 32.1 Å². The fourth-order valence-electron chi connectivity index (χ4n) is 2.45. The molecule has 1 aromatic rings. The zero-order valence-corrected chi connectivity index (χ0v) is 12.4. The molecule has 1 saturated heterocycles. The number of nitrogens with one attached hydrogen (secondary N) is 1. The predicted octanol–water partition coefficient (Wildman–Crippen LogP) is 2.57. The quantitative estimate of drug-likeness (QED) is 0.847. The summed E-state index contributed by atoms with van der Waals surface area (Å²) in [7, 11) is 1.32. The van der Waals surface area contributed by atoms with Crippen LogP contribution in [0.4, 0.5) is 11.4 Å². The largest absolute Gasteiger partial charge is 0.469 e. The van der Waals surface area contributed by atoms with Crippen LogP contribution in [-0.2, 0) is 14.3 Å². The monoisotopic (exact) mass is 290 g/mol. The second-order valence-electron chi connectivity index (χ2n) is 5.22. The number of hydrogen-bond acceptors (Lipinski definition) is 4. The lowest BCUT2D eigenvalue weighted by atomic mass is 10.1. The number of amides is 1. The van der Waals surface area contributed by atoms with Gasteiger partial charge in [-0.25, -0.2) is 0 Å². The van der Waals surface area contributed by atoms with Crippen molar-refractivity contribution in [1.82, 2.24) is 0 Å². The van der Waals surface area contributed by atoms with Gasteiger partial charge in [-0.2, -0.15) is 0 Å². The van der Waals surface area contributed by atoms with E-state index in [-0.39, 0.29) is 24.7 Å². The third-order valence-corrected chi connectivity index (χ3v) is 3.66. The van der Waals surface area contributed by atoms with Gasteiger partial charge in [0.15, 0.2) is 0 Å². The van der Waals surface area contributed by atoms with E-state index in [1.54, 1.807) is 0 Å². The summed E-state index contributed by atoms with van der Waals surface area (Å²) < 4.78 is 4.51. The molecular formula is C16H22N2O3. The SMILES string of the molecule is COC(=O)CCC(=O)Nc1ccc(N2CCCCC2)cc1. The van der Waals surface area contributed by atoms with E-state index in [0.29, 0.717) is 0 Å². The Labute approximate surface area is 125 Å². The number of methoxy groups -OCH3 is 1. The van der Waals surface area contributed by atoms with Crippen LogP contribution in [0.15, 0.2) is 24.3 Å². The molecule has 5 nitrogen and oxygen atoms in total. The minimum atomic E-state index is -0.370. The number of anilines is 2. The molecule has 5 heteroatoms. The third kappa shape index (κ3) is 4.77. The molecule has 1 N–H and O–H groups in total. The van der Waals surface area contributed by atoms with Crippen molar-refractivity contribution in [3.8, 4) is 0 Å². The Morgan fingerprint density at radius 1 is 1.10 bits per heavy atom.